The van der Waals surface area contributed by atoms with E-state index in [2.05, 4.69) is 25.4 Å². The number of fused-ring (bicyclic) bond motifs is 1. The maximum absolute atomic E-state index is 13.0. The molecule has 2 aromatic heterocycles. The highest BCUT2D eigenvalue weighted by Crippen LogP contribution is 2.23. The van der Waals surface area contributed by atoms with Crippen molar-refractivity contribution in [3.05, 3.63) is 75.8 Å². The van der Waals surface area contributed by atoms with Crippen molar-refractivity contribution >= 4 is 10.9 Å². The van der Waals surface area contributed by atoms with E-state index in [0.717, 1.165) is 47.5 Å². The van der Waals surface area contributed by atoms with Gasteiger partial charge in [-0.15, -0.1) is 5.10 Å². The molecule has 188 valence electrons. The van der Waals surface area contributed by atoms with Gasteiger partial charge in [0, 0.05) is 36.9 Å². The zero-order valence-electron chi connectivity index (χ0n) is 20.5. The highest BCUT2D eigenvalue weighted by Gasteiger charge is 2.21. The molecule has 0 amide bonds. The summed E-state index contributed by atoms with van der Waals surface area (Å²) in [4.78, 5) is 18.2. The lowest BCUT2D eigenvalue weighted by molar-refractivity contribution is 0.0914. The Morgan fingerprint density at radius 2 is 1.94 bits per heavy atom. The van der Waals surface area contributed by atoms with Crippen molar-refractivity contribution < 1.29 is 14.2 Å². The van der Waals surface area contributed by atoms with E-state index in [1.54, 1.807) is 14.2 Å². The third-order valence-electron chi connectivity index (χ3n) is 6.48. The van der Waals surface area contributed by atoms with E-state index in [1.165, 1.54) is 0 Å². The molecule has 36 heavy (non-hydrogen) atoms. The first-order valence-corrected chi connectivity index (χ1v) is 12.0. The fourth-order valence-corrected chi connectivity index (χ4v) is 4.61. The van der Waals surface area contributed by atoms with Crippen molar-refractivity contribution in [2.45, 2.75) is 45.1 Å². The van der Waals surface area contributed by atoms with Gasteiger partial charge >= 0.3 is 0 Å². The monoisotopic (exact) mass is 490 g/mol. The Morgan fingerprint density at radius 1 is 1.08 bits per heavy atom. The third kappa shape index (κ3) is 5.39. The molecule has 1 unspecified atom stereocenters. The van der Waals surface area contributed by atoms with Gasteiger partial charge in [-0.3, -0.25) is 9.69 Å². The average molecular weight is 491 g/mol. The van der Waals surface area contributed by atoms with Gasteiger partial charge in [-0.1, -0.05) is 18.2 Å². The summed E-state index contributed by atoms with van der Waals surface area (Å²) in [5.74, 6) is 2.21. The first kappa shape index (κ1) is 24.0. The molecule has 10 nitrogen and oxygen atoms in total. The van der Waals surface area contributed by atoms with Gasteiger partial charge in [0.1, 0.15) is 11.5 Å². The molecule has 0 aliphatic carbocycles. The lowest BCUT2D eigenvalue weighted by atomic mass is 10.1. The van der Waals surface area contributed by atoms with Crippen LogP contribution in [0.3, 0.4) is 0 Å². The molecule has 1 fully saturated rings. The Morgan fingerprint density at radius 3 is 2.75 bits per heavy atom. The number of nitrogens with zero attached hydrogens (tertiary/aromatic N) is 5. The van der Waals surface area contributed by atoms with Crippen LogP contribution in [-0.2, 0) is 30.9 Å². The zero-order chi connectivity index (χ0) is 24.9. The zero-order valence-corrected chi connectivity index (χ0v) is 20.5. The maximum Gasteiger partial charge on any atom is 0.252 e. The van der Waals surface area contributed by atoms with Gasteiger partial charge < -0.3 is 19.2 Å². The van der Waals surface area contributed by atoms with Crippen molar-refractivity contribution in [1.29, 1.82) is 0 Å². The van der Waals surface area contributed by atoms with E-state index in [9.17, 15) is 4.79 Å². The normalized spacial score (nSPS) is 15.6. The molecule has 10 heteroatoms. The smallest absolute Gasteiger partial charge is 0.252 e. The number of hydrogen-bond donors (Lipinski definition) is 1. The molecular formula is C26H30N6O4. The number of aromatic nitrogens is 5. The lowest BCUT2D eigenvalue weighted by Crippen LogP contribution is -2.29. The van der Waals surface area contributed by atoms with Crippen LogP contribution in [0.4, 0.5) is 0 Å². The first-order chi connectivity index (χ1) is 17.6. The van der Waals surface area contributed by atoms with Crippen LogP contribution in [0.2, 0.25) is 0 Å². The molecule has 1 saturated heterocycles. The van der Waals surface area contributed by atoms with Gasteiger partial charge in [0.05, 0.1) is 38.9 Å². The Hall–Kier alpha value is -3.76. The van der Waals surface area contributed by atoms with Crippen molar-refractivity contribution in [2.24, 2.45) is 0 Å². The van der Waals surface area contributed by atoms with E-state index >= 15 is 0 Å². The second kappa shape index (κ2) is 10.9. The van der Waals surface area contributed by atoms with Crippen LogP contribution >= 0.6 is 0 Å². The Balaban J connectivity index is 1.44. The number of aromatic amines is 1. The SMILES string of the molecule is COc1ccc2cc(CN(Cc3ccccc3OC)Cc3nnnn3CC3CCCO3)c(=O)[nH]c2c1. The summed E-state index contributed by atoms with van der Waals surface area (Å²) in [6.07, 6.45) is 2.18. The van der Waals surface area contributed by atoms with E-state index in [4.69, 9.17) is 14.2 Å². The Kier molecular flexibility index (Phi) is 7.24. The van der Waals surface area contributed by atoms with Gasteiger partial charge in [-0.25, -0.2) is 4.68 Å². The molecule has 5 rings (SSSR count). The predicted molar refractivity (Wildman–Crippen MR) is 134 cm³/mol. The predicted octanol–water partition coefficient (Wildman–Crippen LogP) is 2.91. The Labute approximate surface area is 208 Å². The standard InChI is InChI=1S/C26H30N6O4/c1-34-21-10-9-18-12-20(26(33)27-23(18)13-21)15-31(14-19-6-3-4-8-24(19)35-2)17-25-28-29-30-32(25)16-22-7-5-11-36-22/h3-4,6,8-10,12-13,22H,5,7,11,14-17H2,1-2H3,(H,27,33). The quantitative estimate of drug-likeness (QED) is 0.362. The number of methoxy groups -OCH3 is 2. The lowest BCUT2D eigenvalue weighted by Gasteiger charge is -2.23. The number of H-pyrrole nitrogens is 1. The number of hydrogen-bond acceptors (Lipinski definition) is 8. The molecular weight excluding hydrogens is 460 g/mol. The number of para-hydroxylation sites is 1. The molecule has 3 heterocycles. The summed E-state index contributed by atoms with van der Waals surface area (Å²) < 4.78 is 18.5. The van der Waals surface area contributed by atoms with Crippen LogP contribution < -0.4 is 15.0 Å². The van der Waals surface area contributed by atoms with Gasteiger partial charge in [0.25, 0.3) is 5.56 Å². The summed E-state index contributed by atoms with van der Waals surface area (Å²) in [7, 11) is 3.27. The van der Waals surface area contributed by atoms with Crippen LogP contribution in [0.15, 0.2) is 53.3 Å². The molecule has 2 aromatic carbocycles. The number of pyridine rings is 1. The molecule has 4 aromatic rings. The molecule has 1 N–H and O–H groups in total. The maximum atomic E-state index is 13.0. The number of rotatable bonds is 10. The highest BCUT2D eigenvalue weighted by molar-refractivity contribution is 5.80. The fourth-order valence-electron chi connectivity index (χ4n) is 4.61. The Bertz CT molecular complexity index is 1380. The molecule has 1 atom stereocenters. The van der Waals surface area contributed by atoms with Crippen molar-refractivity contribution in [2.75, 3.05) is 20.8 Å². The first-order valence-electron chi connectivity index (χ1n) is 12.0. The summed E-state index contributed by atoms with van der Waals surface area (Å²) in [6, 6.07) is 15.5. The number of benzene rings is 2. The number of tetrazole rings is 1. The summed E-state index contributed by atoms with van der Waals surface area (Å²) in [5.41, 5.74) is 2.26. The largest absolute Gasteiger partial charge is 0.497 e. The molecule has 0 saturated carbocycles. The minimum Gasteiger partial charge on any atom is -0.497 e. The molecule has 0 spiro atoms. The fraction of sp³-hybridized carbons (Fsp3) is 0.385. The minimum atomic E-state index is -0.139. The number of nitrogens with one attached hydrogen (secondary N) is 1. The summed E-state index contributed by atoms with van der Waals surface area (Å²) in [5, 5.41) is 13.3. The van der Waals surface area contributed by atoms with Gasteiger partial charge in [0.15, 0.2) is 5.82 Å². The van der Waals surface area contributed by atoms with Crippen LogP contribution in [-0.4, -0.2) is 57.0 Å². The average Bonchev–Trinajstić information content (AvgIpc) is 3.57. The van der Waals surface area contributed by atoms with Crippen molar-refractivity contribution in [1.82, 2.24) is 30.1 Å². The van der Waals surface area contributed by atoms with E-state index in [0.29, 0.717) is 37.5 Å². The van der Waals surface area contributed by atoms with Crippen LogP contribution in [0.25, 0.3) is 10.9 Å². The third-order valence-corrected chi connectivity index (χ3v) is 6.48. The molecule has 1 aliphatic rings. The van der Waals surface area contributed by atoms with Crippen molar-refractivity contribution in [3.63, 3.8) is 0 Å². The highest BCUT2D eigenvalue weighted by atomic mass is 16.5. The van der Waals surface area contributed by atoms with Crippen molar-refractivity contribution in [3.8, 4) is 11.5 Å². The summed E-state index contributed by atoms with van der Waals surface area (Å²) >= 11 is 0. The second-order valence-electron chi connectivity index (χ2n) is 8.95. The van der Waals surface area contributed by atoms with E-state index in [-0.39, 0.29) is 11.7 Å². The van der Waals surface area contributed by atoms with E-state index in [1.807, 2.05) is 53.2 Å². The minimum absolute atomic E-state index is 0.121. The second-order valence-corrected chi connectivity index (χ2v) is 8.95. The van der Waals surface area contributed by atoms with Gasteiger partial charge in [-0.2, -0.15) is 0 Å². The van der Waals surface area contributed by atoms with Crippen LogP contribution in [0, 0.1) is 0 Å². The molecule has 0 radical (unpaired) electrons. The molecule has 1 aliphatic heterocycles. The van der Waals surface area contributed by atoms with E-state index < -0.39 is 0 Å². The topological polar surface area (TPSA) is 107 Å². The number of ether oxygens (including phenoxy) is 3. The van der Waals surface area contributed by atoms with Crippen LogP contribution in [0.5, 0.6) is 11.5 Å². The summed E-state index contributed by atoms with van der Waals surface area (Å²) in [6.45, 7) is 2.80. The van der Waals surface area contributed by atoms with Crippen LogP contribution in [0.1, 0.15) is 29.8 Å². The van der Waals surface area contributed by atoms with Gasteiger partial charge in [-0.05, 0) is 52.9 Å². The molecule has 0 bridgehead atoms. The van der Waals surface area contributed by atoms with Gasteiger partial charge in [0.2, 0.25) is 0 Å².